The number of hydrogen-bond acceptors (Lipinski definition) is 5. The van der Waals surface area contributed by atoms with E-state index in [4.69, 9.17) is 16.3 Å². The highest BCUT2D eigenvalue weighted by Crippen LogP contribution is 2.42. The van der Waals surface area contributed by atoms with Crippen molar-refractivity contribution in [2.24, 2.45) is 10.9 Å². The highest BCUT2D eigenvalue weighted by molar-refractivity contribution is 6.30. The number of fused-ring (bicyclic) bond motifs is 1. The molecular formula is C30H43ClN4O3. The summed E-state index contributed by atoms with van der Waals surface area (Å²) >= 11 is 6.56. The number of carbonyl (C=O) groups is 1. The van der Waals surface area contributed by atoms with E-state index in [9.17, 15) is 9.90 Å². The second-order valence-electron chi connectivity index (χ2n) is 10.0. The van der Waals surface area contributed by atoms with Crippen LogP contribution in [0.1, 0.15) is 64.1 Å². The van der Waals surface area contributed by atoms with Crippen LogP contribution >= 0.6 is 11.6 Å². The molecule has 38 heavy (non-hydrogen) atoms. The molecule has 7 nitrogen and oxygen atoms in total. The van der Waals surface area contributed by atoms with Crippen LogP contribution in [0.5, 0.6) is 0 Å². The zero-order chi connectivity index (χ0) is 27.7. The van der Waals surface area contributed by atoms with E-state index in [1.807, 2.05) is 19.2 Å². The maximum atomic E-state index is 12.6. The second-order valence-corrected chi connectivity index (χ2v) is 10.5. The summed E-state index contributed by atoms with van der Waals surface area (Å²) in [5.74, 6) is 0.187. The SMILES string of the molecule is C/C=C1/C/C=C(/[C@@H](C)/C(C)=C/NC=NC)c2cc(Cl)ccc2[C@H](N2CCN(C(=O)O[C@@H](CC)CO)CC2)C1. The van der Waals surface area contributed by atoms with Crippen molar-refractivity contribution in [1.82, 2.24) is 15.1 Å². The van der Waals surface area contributed by atoms with Crippen molar-refractivity contribution in [2.45, 2.75) is 59.1 Å². The van der Waals surface area contributed by atoms with Crippen LogP contribution in [0.4, 0.5) is 4.79 Å². The van der Waals surface area contributed by atoms with Gasteiger partial charge in [0, 0.05) is 56.4 Å². The number of nitrogens with one attached hydrogen (secondary N) is 1. The van der Waals surface area contributed by atoms with Gasteiger partial charge in [-0.25, -0.2) is 4.79 Å². The molecule has 0 saturated carbocycles. The standard InChI is InChI=1S/C30H43ClN4O3/c1-6-23-8-10-26(22(4)21(3)18-33-20-32-5)28-17-24(31)9-11-27(28)29(16-23)34-12-14-35(15-13-34)30(37)38-25(7-2)19-36/h6,9-11,17-18,20,22,25,29,36H,7-8,12-16,19H2,1-5H3,(H,32,33)/b21-18+,23-6-,26-10-/t22-,25-,29+/m0/s1. The van der Waals surface area contributed by atoms with Crippen molar-refractivity contribution in [2.75, 3.05) is 39.8 Å². The quantitative estimate of drug-likeness (QED) is 0.246. The molecule has 1 fully saturated rings. The van der Waals surface area contributed by atoms with Crippen LogP contribution in [0.25, 0.3) is 5.57 Å². The van der Waals surface area contributed by atoms with Crippen LogP contribution < -0.4 is 5.32 Å². The van der Waals surface area contributed by atoms with Gasteiger partial charge in [0.05, 0.1) is 12.9 Å². The molecule has 1 aliphatic carbocycles. The lowest BCUT2D eigenvalue weighted by Gasteiger charge is -2.41. The van der Waals surface area contributed by atoms with Crippen LogP contribution in [0.15, 0.2) is 52.7 Å². The molecule has 3 rings (SSSR count). The number of halogens is 1. The van der Waals surface area contributed by atoms with Crippen molar-refractivity contribution in [3.05, 3.63) is 63.8 Å². The molecule has 208 valence electrons. The van der Waals surface area contributed by atoms with Crippen LogP contribution in [0.2, 0.25) is 5.02 Å². The Morgan fingerprint density at radius 1 is 1.32 bits per heavy atom. The third kappa shape index (κ3) is 7.49. The molecular weight excluding hydrogens is 500 g/mol. The molecule has 0 bridgehead atoms. The van der Waals surface area contributed by atoms with E-state index in [0.29, 0.717) is 19.5 Å². The summed E-state index contributed by atoms with van der Waals surface area (Å²) in [5, 5.41) is 13.3. The van der Waals surface area contributed by atoms with E-state index in [0.717, 1.165) is 31.0 Å². The number of benzene rings is 1. The summed E-state index contributed by atoms with van der Waals surface area (Å²) < 4.78 is 5.48. The van der Waals surface area contributed by atoms with Crippen molar-refractivity contribution < 1.29 is 14.6 Å². The largest absolute Gasteiger partial charge is 0.444 e. The van der Waals surface area contributed by atoms with Crippen molar-refractivity contribution >= 4 is 29.6 Å². The average Bonchev–Trinajstić information content (AvgIpc) is 2.92. The molecule has 1 saturated heterocycles. The van der Waals surface area contributed by atoms with Crippen LogP contribution in [0, 0.1) is 5.92 Å². The van der Waals surface area contributed by atoms with E-state index in [1.54, 1.807) is 18.3 Å². The predicted octanol–water partition coefficient (Wildman–Crippen LogP) is 5.82. The van der Waals surface area contributed by atoms with Gasteiger partial charge in [0.15, 0.2) is 0 Å². The number of hydrogen-bond donors (Lipinski definition) is 2. The number of rotatable bonds is 8. The molecule has 1 aliphatic heterocycles. The highest BCUT2D eigenvalue weighted by Gasteiger charge is 2.32. The van der Waals surface area contributed by atoms with E-state index >= 15 is 0 Å². The lowest BCUT2D eigenvalue weighted by molar-refractivity contribution is 0.0170. The van der Waals surface area contributed by atoms with Gasteiger partial charge in [0.1, 0.15) is 6.10 Å². The number of aliphatic hydroxyl groups excluding tert-OH is 1. The number of aliphatic hydroxyl groups is 1. The smallest absolute Gasteiger partial charge is 0.410 e. The third-order valence-electron chi connectivity index (χ3n) is 7.74. The predicted molar refractivity (Wildman–Crippen MR) is 156 cm³/mol. The number of carbonyl (C=O) groups excluding carboxylic acids is 1. The number of ether oxygens (including phenoxy) is 1. The summed E-state index contributed by atoms with van der Waals surface area (Å²) in [7, 11) is 1.74. The Balaban J connectivity index is 1.90. The summed E-state index contributed by atoms with van der Waals surface area (Å²) in [6, 6.07) is 6.45. The van der Waals surface area contributed by atoms with Crippen molar-refractivity contribution in [3.63, 3.8) is 0 Å². The molecule has 1 amide bonds. The van der Waals surface area contributed by atoms with Gasteiger partial charge in [0.25, 0.3) is 0 Å². The molecule has 0 radical (unpaired) electrons. The molecule has 1 heterocycles. The Bertz CT molecular complexity index is 1070. The van der Waals surface area contributed by atoms with Crippen LogP contribution in [-0.4, -0.2) is 73.3 Å². The Morgan fingerprint density at radius 2 is 2.05 bits per heavy atom. The molecule has 2 N–H and O–H groups in total. The Kier molecular flexibility index (Phi) is 11.4. The third-order valence-corrected chi connectivity index (χ3v) is 7.97. The molecule has 0 spiro atoms. The van der Waals surface area contributed by atoms with Gasteiger partial charge in [-0.2, -0.15) is 0 Å². The maximum Gasteiger partial charge on any atom is 0.410 e. The molecule has 8 heteroatoms. The summed E-state index contributed by atoms with van der Waals surface area (Å²) in [6.45, 7) is 10.9. The number of piperazine rings is 1. The van der Waals surface area contributed by atoms with Gasteiger partial charge in [-0.3, -0.25) is 9.89 Å². The van der Waals surface area contributed by atoms with Crippen LogP contribution in [-0.2, 0) is 4.74 Å². The van der Waals surface area contributed by atoms with E-state index < -0.39 is 6.10 Å². The summed E-state index contributed by atoms with van der Waals surface area (Å²) in [5.41, 5.74) is 6.34. The summed E-state index contributed by atoms with van der Waals surface area (Å²) in [4.78, 5) is 20.9. The first-order chi connectivity index (χ1) is 18.3. The molecule has 0 aromatic heterocycles. The summed E-state index contributed by atoms with van der Waals surface area (Å²) in [6.07, 6.45) is 9.92. The highest BCUT2D eigenvalue weighted by atomic mass is 35.5. The Morgan fingerprint density at radius 3 is 2.68 bits per heavy atom. The molecule has 2 aliphatic rings. The zero-order valence-electron chi connectivity index (χ0n) is 23.4. The fourth-order valence-electron chi connectivity index (χ4n) is 5.13. The topological polar surface area (TPSA) is 77.4 Å². The normalized spacial score (nSPS) is 23.3. The number of amides is 1. The van der Waals surface area contributed by atoms with Gasteiger partial charge in [-0.05, 0) is 61.9 Å². The van der Waals surface area contributed by atoms with Gasteiger partial charge in [0.2, 0.25) is 0 Å². The first-order valence-corrected chi connectivity index (χ1v) is 14.0. The minimum atomic E-state index is -0.450. The molecule has 1 aromatic carbocycles. The molecule has 1 aromatic rings. The average molecular weight is 543 g/mol. The van der Waals surface area contributed by atoms with Gasteiger partial charge in [-0.1, -0.05) is 54.8 Å². The van der Waals surface area contributed by atoms with Gasteiger partial charge in [-0.15, -0.1) is 0 Å². The van der Waals surface area contributed by atoms with Gasteiger partial charge < -0.3 is 20.1 Å². The maximum absolute atomic E-state index is 12.6. The van der Waals surface area contributed by atoms with E-state index in [-0.39, 0.29) is 24.7 Å². The fourth-order valence-corrected chi connectivity index (χ4v) is 5.30. The second kappa shape index (κ2) is 14.5. The van der Waals surface area contributed by atoms with Gasteiger partial charge >= 0.3 is 6.09 Å². The molecule has 3 atom stereocenters. The lowest BCUT2D eigenvalue weighted by Crippen LogP contribution is -2.50. The zero-order valence-corrected chi connectivity index (χ0v) is 24.2. The van der Waals surface area contributed by atoms with Crippen molar-refractivity contribution in [1.29, 1.82) is 0 Å². The monoisotopic (exact) mass is 542 g/mol. The Hall–Kier alpha value is -2.61. The van der Waals surface area contributed by atoms with E-state index in [1.165, 1.54) is 27.8 Å². The lowest BCUT2D eigenvalue weighted by atomic mass is 9.80. The minimum Gasteiger partial charge on any atom is -0.444 e. The first kappa shape index (κ1) is 29.9. The first-order valence-electron chi connectivity index (χ1n) is 13.6. The fraction of sp³-hybridized carbons (Fsp3) is 0.533. The minimum absolute atomic E-state index is 0.152. The van der Waals surface area contributed by atoms with Crippen LogP contribution in [0.3, 0.4) is 0 Å². The molecule has 0 unspecified atom stereocenters. The number of nitrogens with zero attached hydrogens (tertiary/aromatic N) is 3. The van der Waals surface area contributed by atoms with Crippen molar-refractivity contribution in [3.8, 4) is 0 Å². The number of allylic oxidation sites excluding steroid dienone is 4. The Labute approximate surface area is 232 Å². The van der Waals surface area contributed by atoms with E-state index in [2.05, 4.69) is 60.3 Å². The number of aliphatic imine (C=N–C) groups is 1.